The van der Waals surface area contributed by atoms with Crippen LogP contribution in [0.3, 0.4) is 0 Å². The molecule has 0 radical (unpaired) electrons. The van der Waals surface area contributed by atoms with E-state index in [4.69, 9.17) is 0 Å². The molecular formula is C13H24N2Si. The first-order valence-corrected chi connectivity index (χ1v) is 9.41. The Morgan fingerprint density at radius 2 is 1.81 bits per heavy atom. The van der Waals surface area contributed by atoms with E-state index in [-0.39, 0.29) is 5.41 Å². The lowest BCUT2D eigenvalue weighted by Crippen LogP contribution is -2.16. The van der Waals surface area contributed by atoms with Crippen molar-refractivity contribution in [3.05, 3.63) is 23.2 Å². The van der Waals surface area contributed by atoms with Gasteiger partial charge < -0.3 is 0 Å². The van der Waals surface area contributed by atoms with E-state index in [1.165, 1.54) is 5.69 Å². The van der Waals surface area contributed by atoms with Crippen molar-refractivity contribution >= 4 is 14.1 Å². The lowest BCUT2D eigenvalue weighted by atomic mass is 9.92. The fraction of sp³-hybridized carbons (Fsp3) is 0.615. The average molecular weight is 236 g/mol. The van der Waals surface area contributed by atoms with Gasteiger partial charge in [-0.3, -0.25) is 4.68 Å². The summed E-state index contributed by atoms with van der Waals surface area (Å²) < 4.78 is 1.99. The first kappa shape index (κ1) is 13.2. The van der Waals surface area contributed by atoms with Gasteiger partial charge in [-0.1, -0.05) is 46.1 Å². The molecule has 0 atom stereocenters. The Bertz CT molecular complexity index is 389. The summed E-state index contributed by atoms with van der Waals surface area (Å²) in [5.74, 6) is 0. The molecule has 0 amide bonds. The molecule has 0 bridgehead atoms. The van der Waals surface area contributed by atoms with Gasteiger partial charge in [0, 0.05) is 18.2 Å². The highest BCUT2D eigenvalue weighted by Gasteiger charge is 2.18. The van der Waals surface area contributed by atoms with E-state index in [2.05, 4.69) is 63.4 Å². The largest absolute Gasteiger partial charge is 0.272 e. The smallest absolute Gasteiger partial charge is 0.0846 e. The van der Waals surface area contributed by atoms with E-state index in [1.807, 2.05) is 11.7 Å². The van der Waals surface area contributed by atoms with Gasteiger partial charge in [0.15, 0.2) is 0 Å². The minimum atomic E-state index is -1.12. The molecule has 1 aromatic heterocycles. The van der Waals surface area contributed by atoms with E-state index in [0.29, 0.717) is 0 Å². The van der Waals surface area contributed by atoms with E-state index in [1.54, 1.807) is 0 Å². The second kappa shape index (κ2) is 4.21. The van der Waals surface area contributed by atoms with E-state index >= 15 is 0 Å². The van der Waals surface area contributed by atoms with Gasteiger partial charge in [0.2, 0.25) is 0 Å². The zero-order valence-electron chi connectivity index (χ0n) is 11.6. The second-order valence-corrected chi connectivity index (χ2v) is 11.6. The van der Waals surface area contributed by atoms with Crippen molar-refractivity contribution in [2.45, 2.75) is 45.8 Å². The van der Waals surface area contributed by atoms with Gasteiger partial charge in [-0.15, -0.1) is 0 Å². The third kappa shape index (κ3) is 3.63. The zero-order valence-corrected chi connectivity index (χ0v) is 12.6. The molecule has 0 fully saturated rings. The Morgan fingerprint density at radius 1 is 1.25 bits per heavy atom. The standard InChI is InChI=1S/C13H24N2Si/c1-13(2,3)12-10-11(14-15(12)4)8-9-16(5,6)7/h8-10H,1-7H3/b9-8-. The summed E-state index contributed by atoms with van der Waals surface area (Å²) >= 11 is 0. The van der Waals surface area contributed by atoms with Crippen LogP contribution in [0.15, 0.2) is 11.8 Å². The number of aryl methyl sites for hydroxylation is 1. The van der Waals surface area contributed by atoms with Gasteiger partial charge in [-0.25, -0.2) is 0 Å². The van der Waals surface area contributed by atoms with Crippen LogP contribution in [-0.4, -0.2) is 17.9 Å². The normalized spacial score (nSPS) is 13.7. The maximum atomic E-state index is 4.53. The van der Waals surface area contributed by atoms with Gasteiger partial charge in [-0.2, -0.15) is 5.10 Å². The molecule has 0 saturated heterocycles. The molecule has 1 heterocycles. The van der Waals surface area contributed by atoms with Gasteiger partial charge in [0.05, 0.1) is 13.8 Å². The summed E-state index contributed by atoms with van der Waals surface area (Å²) in [5.41, 5.74) is 4.85. The van der Waals surface area contributed by atoms with Gasteiger partial charge in [0.1, 0.15) is 0 Å². The minimum absolute atomic E-state index is 0.160. The Hall–Kier alpha value is -0.833. The molecule has 0 saturated carbocycles. The molecule has 1 rings (SSSR count). The SMILES string of the molecule is Cn1nc(/C=C\[Si](C)(C)C)cc1C(C)(C)C. The summed E-state index contributed by atoms with van der Waals surface area (Å²) in [6.45, 7) is 13.6. The fourth-order valence-electron chi connectivity index (χ4n) is 1.61. The molecule has 0 unspecified atom stereocenters. The number of hydrogen-bond acceptors (Lipinski definition) is 1. The summed E-state index contributed by atoms with van der Waals surface area (Å²) in [6, 6.07) is 2.19. The average Bonchev–Trinajstić information content (AvgIpc) is 2.41. The molecule has 0 aliphatic heterocycles. The molecule has 1 aromatic rings. The van der Waals surface area contributed by atoms with Crippen molar-refractivity contribution < 1.29 is 0 Å². The molecule has 16 heavy (non-hydrogen) atoms. The third-order valence-electron chi connectivity index (χ3n) is 2.42. The number of aromatic nitrogens is 2. The van der Waals surface area contributed by atoms with E-state index < -0.39 is 8.07 Å². The van der Waals surface area contributed by atoms with Crippen LogP contribution in [0.5, 0.6) is 0 Å². The monoisotopic (exact) mass is 236 g/mol. The molecule has 0 aromatic carbocycles. The van der Waals surface area contributed by atoms with E-state index in [9.17, 15) is 0 Å². The summed E-state index contributed by atoms with van der Waals surface area (Å²) in [7, 11) is 0.896. The zero-order chi connectivity index (χ0) is 12.6. The highest BCUT2D eigenvalue weighted by molar-refractivity contribution is 6.81. The second-order valence-electron chi connectivity index (χ2n) is 6.53. The quantitative estimate of drug-likeness (QED) is 0.717. The summed E-state index contributed by atoms with van der Waals surface area (Å²) in [5, 5.41) is 4.53. The van der Waals surface area contributed by atoms with Crippen molar-refractivity contribution in [2.75, 3.05) is 0 Å². The number of rotatable bonds is 2. The van der Waals surface area contributed by atoms with Crippen LogP contribution in [0.2, 0.25) is 19.6 Å². The summed E-state index contributed by atoms with van der Waals surface area (Å²) in [4.78, 5) is 0. The van der Waals surface area contributed by atoms with Crippen molar-refractivity contribution in [3.63, 3.8) is 0 Å². The lowest BCUT2D eigenvalue weighted by Gasteiger charge is -2.17. The molecular weight excluding hydrogens is 212 g/mol. The van der Waals surface area contributed by atoms with Crippen LogP contribution in [0.4, 0.5) is 0 Å². The van der Waals surface area contributed by atoms with E-state index in [0.717, 1.165) is 5.69 Å². The molecule has 0 aliphatic carbocycles. The number of hydrogen-bond donors (Lipinski definition) is 0. The molecule has 90 valence electrons. The first-order chi connectivity index (χ1) is 7.09. The predicted octanol–water partition coefficient (Wildman–Crippen LogP) is 3.61. The van der Waals surface area contributed by atoms with Crippen LogP contribution < -0.4 is 0 Å². The maximum Gasteiger partial charge on any atom is 0.0846 e. The molecule has 0 N–H and O–H groups in total. The molecule has 0 spiro atoms. The Kier molecular flexibility index (Phi) is 3.48. The number of nitrogens with zero attached hydrogens (tertiary/aromatic N) is 2. The van der Waals surface area contributed by atoms with Crippen molar-refractivity contribution in [3.8, 4) is 0 Å². The Morgan fingerprint density at radius 3 is 2.19 bits per heavy atom. The van der Waals surface area contributed by atoms with Crippen LogP contribution in [-0.2, 0) is 12.5 Å². The Labute approximate surface area is 100 Å². The minimum Gasteiger partial charge on any atom is -0.272 e. The maximum absolute atomic E-state index is 4.53. The highest BCUT2D eigenvalue weighted by Crippen LogP contribution is 2.22. The predicted molar refractivity (Wildman–Crippen MR) is 74.3 cm³/mol. The van der Waals surface area contributed by atoms with Crippen molar-refractivity contribution in [1.82, 2.24) is 9.78 Å². The third-order valence-corrected chi connectivity index (χ3v) is 3.59. The molecule has 3 heteroatoms. The van der Waals surface area contributed by atoms with Crippen molar-refractivity contribution in [1.29, 1.82) is 0 Å². The van der Waals surface area contributed by atoms with Crippen LogP contribution >= 0.6 is 0 Å². The summed E-state index contributed by atoms with van der Waals surface area (Å²) in [6.07, 6.45) is 2.17. The van der Waals surface area contributed by atoms with Crippen LogP contribution in [0.25, 0.3) is 6.08 Å². The molecule has 0 aliphatic rings. The Balaban J connectivity index is 2.99. The highest BCUT2D eigenvalue weighted by atomic mass is 28.3. The molecule has 2 nitrogen and oxygen atoms in total. The topological polar surface area (TPSA) is 17.8 Å². The fourth-order valence-corrected chi connectivity index (χ4v) is 2.28. The van der Waals surface area contributed by atoms with Gasteiger partial charge >= 0.3 is 0 Å². The van der Waals surface area contributed by atoms with Crippen molar-refractivity contribution in [2.24, 2.45) is 7.05 Å². The van der Waals surface area contributed by atoms with Crippen LogP contribution in [0, 0.1) is 0 Å². The van der Waals surface area contributed by atoms with Crippen LogP contribution in [0.1, 0.15) is 32.2 Å². The van der Waals surface area contributed by atoms with Gasteiger partial charge in [0.25, 0.3) is 0 Å². The lowest BCUT2D eigenvalue weighted by molar-refractivity contribution is 0.523. The first-order valence-electron chi connectivity index (χ1n) is 5.83. The van der Waals surface area contributed by atoms with Gasteiger partial charge in [-0.05, 0) is 12.1 Å².